The standard InChI is InChI=1S/C27H35N/c1-20-18-23(10-11-25(20)26(3,4)5)21(2)28-16-14-27(15-17-28)13-12-22-8-6-7-9-24(22)19-27/h6-11,18H,2,12-17,19H2,1,3-5H3. The van der Waals surface area contributed by atoms with Crippen LogP contribution in [0.3, 0.4) is 0 Å². The Kier molecular flexibility index (Phi) is 4.89. The van der Waals surface area contributed by atoms with Crippen molar-refractivity contribution in [1.82, 2.24) is 4.90 Å². The molecule has 0 saturated carbocycles. The van der Waals surface area contributed by atoms with Crippen LogP contribution < -0.4 is 0 Å². The predicted octanol–water partition coefficient (Wildman–Crippen LogP) is 6.53. The summed E-state index contributed by atoms with van der Waals surface area (Å²) >= 11 is 0. The molecule has 2 aromatic carbocycles. The van der Waals surface area contributed by atoms with E-state index in [4.69, 9.17) is 0 Å². The van der Waals surface area contributed by atoms with Gasteiger partial charge in [0.25, 0.3) is 0 Å². The van der Waals surface area contributed by atoms with Gasteiger partial charge < -0.3 is 4.90 Å². The molecule has 2 aliphatic rings. The van der Waals surface area contributed by atoms with Crippen LogP contribution >= 0.6 is 0 Å². The number of hydrogen-bond donors (Lipinski definition) is 0. The van der Waals surface area contributed by atoms with Gasteiger partial charge in [0, 0.05) is 18.8 Å². The highest BCUT2D eigenvalue weighted by atomic mass is 15.1. The second-order valence-electron chi connectivity index (χ2n) is 10.2. The SMILES string of the molecule is C=C(c1ccc(C(C)(C)C)c(C)c1)N1CCC2(CCc3ccccc3C2)CC1. The van der Waals surface area contributed by atoms with Gasteiger partial charge in [0.15, 0.2) is 0 Å². The molecule has 28 heavy (non-hydrogen) atoms. The Morgan fingerprint density at radius 1 is 0.964 bits per heavy atom. The minimum Gasteiger partial charge on any atom is -0.371 e. The fraction of sp³-hybridized carbons (Fsp3) is 0.481. The van der Waals surface area contributed by atoms with E-state index in [0.717, 1.165) is 13.1 Å². The average Bonchev–Trinajstić information content (AvgIpc) is 2.67. The van der Waals surface area contributed by atoms with Crippen molar-refractivity contribution in [2.75, 3.05) is 13.1 Å². The quantitative estimate of drug-likeness (QED) is 0.578. The summed E-state index contributed by atoms with van der Waals surface area (Å²) in [6.45, 7) is 15.9. The Hall–Kier alpha value is -2.02. The molecule has 1 saturated heterocycles. The van der Waals surface area contributed by atoms with Crippen molar-refractivity contribution in [1.29, 1.82) is 0 Å². The topological polar surface area (TPSA) is 3.24 Å². The molecule has 0 radical (unpaired) electrons. The Bertz CT molecular complexity index is 875. The number of benzene rings is 2. The maximum atomic E-state index is 4.48. The zero-order valence-corrected chi connectivity index (χ0v) is 18.1. The van der Waals surface area contributed by atoms with E-state index in [2.05, 4.69) is 81.6 Å². The molecule has 0 amide bonds. The van der Waals surface area contributed by atoms with Gasteiger partial charge in [-0.3, -0.25) is 0 Å². The summed E-state index contributed by atoms with van der Waals surface area (Å²) in [6.07, 6.45) is 6.45. The highest BCUT2D eigenvalue weighted by Gasteiger charge is 2.37. The number of nitrogens with zero attached hydrogens (tertiary/aromatic N) is 1. The Morgan fingerprint density at radius 3 is 2.29 bits per heavy atom. The molecule has 1 fully saturated rings. The largest absolute Gasteiger partial charge is 0.371 e. The van der Waals surface area contributed by atoms with E-state index in [1.54, 1.807) is 11.1 Å². The first-order valence-corrected chi connectivity index (χ1v) is 10.9. The van der Waals surface area contributed by atoms with Gasteiger partial charge in [0.2, 0.25) is 0 Å². The Morgan fingerprint density at radius 2 is 1.64 bits per heavy atom. The third-order valence-corrected chi connectivity index (χ3v) is 7.18. The number of aryl methyl sites for hydroxylation is 2. The van der Waals surface area contributed by atoms with Gasteiger partial charge in [-0.2, -0.15) is 0 Å². The highest BCUT2D eigenvalue weighted by molar-refractivity contribution is 5.63. The lowest BCUT2D eigenvalue weighted by Gasteiger charge is -2.46. The van der Waals surface area contributed by atoms with Gasteiger partial charge in [-0.15, -0.1) is 0 Å². The van der Waals surface area contributed by atoms with Crippen molar-refractivity contribution >= 4 is 5.70 Å². The van der Waals surface area contributed by atoms with E-state index in [-0.39, 0.29) is 5.41 Å². The molecule has 1 aliphatic carbocycles. The molecule has 4 rings (SSSR count). The number of likely N-dealkylation sites (tertiary alicyclic amines) is 1. The summed E-state index contributed by atoms with van der Waals surface area (Å²) in [6, 6.07) is 16.0. The van der Waals surface area contributed by atoms with Gasteiger partial charge in [-0.1, -0.05) is 63.7 Å². The number of piperidine rings is 1. The maximum absolute atomic E-state index is 4.48. The van der Waals surface area contributed by atoms with Gasteiger partial charge >= 0.3 is 0 Å². The van der Waals surface area contributed by atoms with Crippen molar-refractivity contribution < 1.29 is 0 Å². The molecule has 0 unspecified atom stereocenters. The van der Waals surface area contributed by atoms with Crippen LogP contribution in [0.5, 0.6) is 0 Å². The van der Waals surface area contributed by atoms with Crippen LogP contribution in [-0.4, -0.2) is 18.0 Å². The summed E-state index contributed by atoms with van der Waals surface area (Å²) in [7, 11) is 0. The van der Waals surface area contributed by atoms with Crippen LogP contribution in [0.1, 0.15) is 67.9 Å². The fourth-order valence-electron chi connectivity index (χ4n) is 5.41. The fourth-order valence-corrected chi connectivity index (χ4v) is 5.41. The van der Waals surface area contributed by atoms with Crippen LogP contribution in [0.25, 0.3) is 5.70 Å². The molecule has 0 atom stereocenters. The average molecular weight is 374 g/mol. The van der Waals surface area contributed by atoms with E-state index >= 15 is 0 Å². The molecule has 148 valence electrons. The van der Waals surface area contributed by atoms with Gasteiger partial charge in [-0.05, 0) is 83.7 Å². The van der Waals surface area contributed by atoms with Gasteiger partial charge in [0.1, 0.15) is 0 Å². The van der Waals surface area contributed by atoms with Crippen molar-refractivity contribution in [3.05, 3.63) is 76.9 Å². The summed E-state index contributed by atoms with van der Waals surface area (Å²) in [5.74, 6) is 0. The van der Waals surface area contributed by atoms with E-state index in [1.165, 1.54) is 54.5 Å². The second kappa shape index (κ2) is 7.10. The number of fused-ring (bicyclic) bond motifs is 1. The predicted molar refractivity (Wildman–Crippen MR) is 121 cm³/mol. The second-order valence-corrected chi connectivity index (χ2v) is 10.2. The van der Waals surface area contributed by atoms with E-state index in [9.17, 15) is 0 Å². The van der Waals surface area contributed by atoms with Crippen LogP contribution in [-0.2, 0) is 18.3 Å². The van der Waals surface area contributed by atoms with Crippen LogP contribution in [0, 0.1) is 12.3 Å². The first kappa shape index (κ1) is 19.3. The monoisotopic (exact) mass is 373 g/mol. The lowest BCUT2D eigenvalue weighted by Crippen LogP contribution is -2.42. The van der Waals surface area contributed by atoms with Crippen LogP contribution in [0.2, 0.25) is 0 Å². The summed E-state index contributed by atoms with van der Waals surface area (Å²) in [4.78, 5) is 2.53. The highest BCUT2D eigenvalue weighted by Crippen LogP contribution is 2.44. The summed E-state index contributed by atoms with van der Waals surface area (Å²) in [5.41, 5.74) is 9.18. The molecule has 0 aromatic heterocycles. The molecular weight excluding hydrogens is 338 g/mol. The minimum absolute atomic E-state index is 0.193. The molecular formula is C27H35N. The minimum atomic E-state index is 0.193. The first-order valence-electron chi connectivity index (χ1n) is 10.9. The third kappa shape index (κ3) is 3.64. The van der Waals surface area contributed by atoms with Crippen molar-refractivity contribution in [3.63, 3.8) is 0 Å². The summed E-state index contributed by atoms with van der Waals surface area (Å²) in [5, 5.41) is 0. The van der Waals surface area contributed by atoms with Crippen LogP contribution in [0.15, 0.2) is 49.0 Å². The normalized spacial score (nSPS) is 18.8. The van der Waals surface area contributed by atoms with E-state index < -0.39 is 0 Å². The smallest absolute Gasteiger partial charge is 0.0366 e. The van der Waals surface area contributed by atoms with Crippen molar-refractivity contribution in [3.8, 4) is 0 Å². The lowest BCUT2D eigenvalue weighted by atomic mass is 9.66. The number of hydrogen-bond acceptors (Lipinski definition) is 1. The lowest BCUT2D eigenvalue weighted by molar-refractivity contribution is 0.123. The zero-order valence-electron chi connectivity index (χ0n) is 18.1. The number of rotatable bonds is 2. The molecule has 1 nitrogen and oxygen atoms in total. The molecule has 1 spiro atoms. The molecule has 1 heterocycles. The molecule has 1 heteroatoms. The maximum Gasteiger partial charge on any atom is 0.0366 e. The summed E-state index contributed by atoms with van der Waals surface area (Å²) < 4.78 is 0. The van der Waals surface area contributed by atoms with Crippen molar-refractivity contribution in [2.45, 2.75) is 65.2 Å². The van der Waals surface area contributed by atoms with Crippen molar-refractivity contribution in [2.24, 2.45) is 5.41 Å². The molecule has 0 bridgehead atoms. The molecule has 2 aromatic rings. The Balaban J connectivity index is 1.44. The zero-order chi connectivity index (χ0) is 19.9. The third-order valence-electron chi connectivity index (χ3n) is 7.18. The van der Waals surface area contributed by atoms with Gasteiger partial charge in [0.05, 0.1) is 0 Å². The van der Waals surface area contributed by atoms with Gasteiger partial charge in [-0.25, -0.2) is 0 Å². The first-order chi connectivity index (χ1) is 13.3. The molecule has 0 N–H and O–H groups in total. The van der Waals surface area contributed by atoms with E-state index in [1.807, 2.05) is 0 Å². The Labute approximate surface area is 171 Å². The van der Waals surface area contributed by atoms with Crippen LogP contribution in [0.4, 0.5) is 0 Å². The van der Waals surface area contributed by atoms with E-state index in [0.29, 0.717) is 5.41 Å². The molecule has 1 aliphatic heterocycles.